The van der Waals surface area contributed by atoms with E-state index in [1.54, 1.807) is 13.0 Å². The van der Waals surface area contributed by atoms with Crippen molar-refractivity contribution in [1.82, 2.24) is 0 Å². The fourth-order valence-corrected chi connectivity index (χ4v) is 2.68. The summed E-state index contributed by atoms with van der Waals surface area (Å²) in [5.74, 6) is 0.671. The van der Waals surface area contributed by atoms with E-state index >= 15 is 0 Å². The highest BCUT2D eigenvalue weighted by molar-refractivity contribution is 8.13. The first-order valence-electron chi connectivity index (χ1n) is 5.16. The van der Waals surface area contributed by atoms with Crippen LogP contribution in [0.4, 0.5) is 0 Å². The van der Waals surface area contributed by atoms with Gasteiger partial charge >= 0.3 is 0 Å². The highest BCUT2D eigenvalue weighted by Crippen LogP contribution is 2.28. The van der Waals surface area contributed by atoms with Gasteiger partial charge in [0.2, 0.25) is 0 Å². The number of benzene rings is 1. The van der Waals surface area contributed by atoms with Gasteiger partial charge in [-0.3, -0.25) is 0 Å². The lowest BCUT2D eigenvalue weighted by Crippen LogP contribution is -2.01. The molecule has 0 saturated heterocycles. The Morgan fingerprint density at radius 3 is 2.47 bits per heavy atom. The van der Waals surface area contributed by atoms with E-state index in [2.05, 4.69) is 0 Å². The van der Waals surface area contributed by atoms with Crippen LogP contribution in [0.1, 0.15) is 18.1 Å². The molecule has 1 rings (SSSR count). The van der Waals surface area contributed by atoms with E-state index in [1.165, 1.54) is 6.07 Å². The smallest absolute Gasteiger partial charge is 0.261 e. The molecule has 0 aromatic heterocycles. The molecule has 94 valence electrons. The quantitative estimate of drug-likeness (QED) is 0.626. The van der Waals surface area contributed by atoms with Crippen molar-refractivity contribution in [2.75, 3.05) is 6.61 Å². The van der Waals surface area contributed by atoms with Crippen LogP contribution in [-0.4, -0.2) is 15.0 Å². The maximum Gasteiger partial charge on any atom is 0.261 e. The summed E-state index contributed by atoms with van der Waals surface area (Å²) < 4.78 is 28.1. The van der Waals surface area contributed by atoms with E-state index in [0.717, 1.165) is 5.56 Å². The standard InChI is InChI=1S/C12H15ClO3S/c1-4-5-8-16-11-6-7-12(17(13,14)15)10(3)9(11)2/h4-7H,8H2,1-3H3/b5-4+. The first-order valence-corrected chi connectivity index (χ1v) is 7.47. The van der Waals surface area contributed by atoms with E-state index in [0.29, 0.717) is 17.9 Å². The van der Waals surface area contributed by atoms with Crippen LogP contribution in [0.5, 0.6) is 5.75 Å². The summed E-state index contributed by atoms with van der Waals surface area (Å²) >= 11 is 0. The molecule has 0 fully saturated rings. The van der Waals surface area contributed by atoms with Crippen LogP contribution in [0.15, 0.2) is 29.2 Å². The van der Waals surface area contributed by atoms with E-state index in [4.69, 9.17) is 15.4 Å². The number of hydrogen-bond acceptors (Lipinski definition) is 3. The minimum atomic E-state index is -3.70. The third-order valence-corrected chi connectivity index (χ3v) is 3.99. The van der Waals surface area contributed by atoms with Crippen molar-refractivity contribution in [1.29, 1.82) is 0 Å². The predicted octanol–water partition coefficient (Wildman–Crippen LogP) is 3.19. The average Bonchev–Trinajstić information content (AvgIpc) is 2.23. The molecule has 0 aliphatic rings. The summed E-state index contributed by atoms with van der Waals surface area (Å²) in [6, 6.07) is 3.09. The molecule has 5 heteroatoms. The van der Waals surface area contributed by atoms with Crippen LogP contribution < -0.4 is 4.74 Å². The molecule has 0 atom stereocenters. The Morgan fingerprint density at radius 2 is 1.94 bits per heavy atom. The van der Waals surface area contributed by atoms with Crippen molar-refractivity contribution >= 4 is 19.7 Å². The zero-order valence-corrected chi connectivity index (χ0v) is 11.6. The molecule has 0 bridgehead atoms. The molecule has 0 amide bonds. The maximum atomic E-state index is 11.3. The monoisotopic (exact) mass is 274 g/mol. The molecule has 0 saturated carbocycles. The first-order chi connectivity index (χ1) is 7.88. The minimum Gasteiger partial charge on any atom is -0.489 e. The van der Waals surface area contributed by atoms with Gasteiger partial charge in [0.15, 0.2) is 0 Å². The fraction of sp³-hybridized carbons (Fsp3) is 0.333. The minimum absolute atomic E-state index is 0.134. The van der Waals surface area contributed by atoms with Crippen LogP contribution in [0, 0.1) is 13.8 Å². The van der Waals surface area contributed by atoms with Crippen molar-refractivity contribution in [3.8, 4) is 5.75 Å². The number of ether oxygens (including phenoxy) is 1. The molecule has 0 aliphatic carbocycles. The molecular weight excluding hydrogens is 260 g/mol. The zero-order chi connectivity index (χ0) is 13.1. The summed E-state index contributed by atoms with van der Waals surface area (Å²) in [6.07, 6.45) is 3.76. The molecule has 0 aliphatic heterocycles. The van der Waals surface area contributed by atoms with Crippen LogP contribution in [-0.2, 0) is 9.05 Å². The van der Waals surface area contributed by atoms with Gasteiger partial charge in [-0.1, -0.05) is 12.2 Å². The average molecular weight is 275 g/mol. The Hall–Kier alpha value is -1.00. The molecule has 0 heterocycles. The number of halogens is 1. The van der Waals surface area contributed by atoms with Crippen molar-refractivity contribution in [3.63, 3.8) is 0 Å². The normalized spacial score (nSPS) is 12.0. The molecular formula is C12H15ClO3S. The second-order valence-corrected chi connectivity index (χ2v) is 6.16. The SMILES string of the molecule is C/C=C/COc1ccc(S(=O)(=O)Cl)c(C)c1C. The highest BCUT2D eigenvalue weighted by atomic mass is 35.7. The van der Waals surface area contributed by atoms with E-state index in [-0.39, 0.29) is 4.90 Å². The van der Waals surface area contributed by atoms with Gasteiger partial charge in [0, 0.05) is 10.7 Å². The Labute approximate surface area is 106 Å². The van der Waals surface area contributed by atoms with Crippen LogP contribution >= 0.6 is 10.7 Å². The summed E-state index contributed by atoms with van der Waals surface area (Å²) in [6.45, 7) is 5.90. The van der Waals surface area contributed by atoms with Gasteiger partial charge < -0.3 is 4.74 Å². The lowest BCUT2D eigenvalue weighted by atomic mass is 10.1. The van der Waals surface area contributed by atoms with Crippen molar-refractivity contribution in [2.45, 2.75) is 25.7 Å². The zero-order valence-electron chi connectivity index (χ0n) is 10.0. The number of rotatable bonds is 4. The van der Waals surface area contributed by atoms with Crippen molar-refractivity contribution in [2.24, 2.45) is 0 Å². The predicted molar refractivity (Wildman–Crippen MR) is 69.3 cm³/mol. The topological polar surface area (TPSA) is 43.4 Å². The summed E-state index contributed by atoms with van der Waals surface area (Å²) in [5, 5.41) is 0. The summed E-state index contributed by atoms with van der Waals surface area (Å²) in [4.78, 5) is 0.134. The van der Waals surface area contributed by atoms with Gasteiger partial charge in [0.05, 0.1) is 4.90 Å². The Bertz CT molecular complexity index is 533. The van der Waals surface area contributed by atoms with Gasteiger partial charge in [-0.2, -0.15) is 0 Å². The number of hydrogen-bond donors (Lipinski definition) is 0. The number of allylic oxidation sites excluding steroid dienone is 1. The lowest BCUT2D eigenvalue weighted by Gasteiger charge is -2.11. The largest absolute Gasteiger partial charge is 0.489 e. The molecule has 0 N–H and O–H groups in total. The van der Waals surface area contributed by atoms with Crippen LogP contribution in [0.2, 0.25) is 0 Å². The fourth-order valence-electron chi connectivity index (χ4n) is 1.43. The highest BCUT2D eigenvalue weighted by Gasteiger charge is 2.16. The van der Waals surface area contributed by atoms with E-state index in [1.807, 2.05) is 26.0 Å². The van der Waals surface area contributed by atoms with E-state index in [9.17, 15) is 8.42 Å². The maximum absolute atomic E-state index is 11.3. The van der Waals surface area contributed by atoms with Crippen LogP contribution in [0.25, 0.3) is 0 Å². The third kappa shape index (κ3) is 3.48. The summed E-state index contributed by atoms with van der Waals surface area (Å²) in [5.41, 5.74) is 1.41. The second kappa shape index (κ2) is 5.56. The Morgan fingerprint density at radius 1 is 1.29 bits per heavy atom. The first kappa shape index (κ1) is 14.1. The van der Waals surface area contributed by atoms with Gasteiger partial charge in [-0.05, 0) is 44.0 Å². The van der Waals surface area contributed by atoms with Crippen molar-refractivity contribution < 1.29 is 13.2 Å². The van der Waals surface area contributed by atoms with Gasteiger partial charge in [0.1, 0.15) is 12.4 Å². The van der Waals surface area contributed by atoms with Gasteiger partial charge in [-0.25, -0.2) is 8.42 Å². The molecule has 17 heavy (non-hydrogen) atoms. The Kier molecular flexibility index (Phi) is 4.60. The molecule has 0 spiro atoms. The molecule has 1 aromatic rings. The van der Waals surface area contributed by atoms with Gasteiger partial charge in [-0.15, -0.1) is 0 Å². The van der Waals surface area contributed by atoms with Gasteiger partial charge in [0.25, 0.3) is 9.05 Å². The molecule has 1 aromatic carbocycles. The van der Waals surface area contributed by atoms with Crippen molar-refractivity contribution in [3.05, 3.63) is 35.4 Å². The summed E-state index contributed by atoms with van der Waals surface area (Å²) in [7, 11) is 1.64. The molecule has 0 unspecified atom stereocenters. The Balaban J connectivity index is 3.11. The van der Waals surface area contributed by atoms with Crippen LogP contribution in [0.3, 0.4) is 0 Å². The lowest BCUT2D eigenvalue weighted by molar-refractivity contribution is 0.359. The third-order valence-electron chi connectivity index (χ3n) is 2.52. The second-order valence-electron chi connectivity index (χ2n) is 3.63. The molecule has 0 radical (unpaired) electrons. The van der Waals surface area contributed by atoms with E-state index < -0.39 is 9.05 Å². The molecule has 3 nitrogen and oxygen atoms in total.